The second-order valence-corrected chi connectivity index (χ2v) is 16.7. The number of nitrogens with zero attached hydrogens (tertiary/aromatic N) is 2. The van der Waals surface area contributed by atoms with E-state index in [-0.39, 0.29) is 30.4 Å². The Morgan fingerprint density at radius 1 is 0.931 bits per heavy atom. The molecule has 3 rings (SSSR count). The molecule has 2 aromatic carbocycles. The molecule has 0 radical (unpaired) electrons. The number of hydrogen-bond acceptors (Lipinski definition) is 11. The lowest BCUT2D eigenvalue weighted by Gasteiger charge is -2.28. The lowest BCUT2D eigenvalue weighted by molar-refractivity contribution is -0.155. The van der Waals surface area contributed by atoms with Crippen LogP contribution < -0.4 is 26.4 Å². The van der Waals surface area contributed by atoms with E-state index < -0.39 is 88.4 Å². The number of aryl methyl sites for hydroxylation is 1. The molecule has 18 nitrogen and oxygen atoms in total. The average Bonchev–Trinajstić information content (AvgIpc) is 3.14. The Morgan fingerprint density at radius 3 is 2.17 bits per heavy atom. The van der Waals surface area contributed by atoms with Gasteiger partial charge in [-0.05, 0) is 83.9 Å². The van der Waals surface area contributed by atoms with Crippen LogP contribution in [0, 0.1) is 6.92 Å². The first-order valence-electron chi connectivity index (χ1n) is 18.9. The summed E-state index contributed by atoms with van der Waals surface area (Å²) in [5.41, 5.74) is 6.20. The summed E-state index contributed by atoms with van der Waals surface area (Å²) in [6, 6.07) is 9.98. The van der Waals surface area contributed by atoms with Crippen molar-refractivity contribution in [3.63, 3.8) is 0 Å². The number of carboxylic acids is 1. The number of aliphatic imine (C=N–C) groups is 1. The van der Waals surface area contributed by atoms with Gasteiger partial charge in [-0.2, -0.15) is 0 Å². The van der Waals surface area contributed by atoms with Crippen molar-refractivity contribution in [3.05, 3.63) is 65.7 Å². The number of ether oxygens (including phenoxy) is 2. The molecule has 58 heavy (non-hydrogen) atoms. The number of rotatable bonds is 18. The standard InChI is InChI=1S/C39H55N7O11S/c1-25-18-20-28(21-19-25)58(54,55)45-37(40)41-22-12-17-29(43-34(49)33(26-13-8-6-9-14-26)44-38(53)57-39(2,3)4)35(50)46(5)24-31(47)42-30(36(51)52)23-32(48)56-27-15-10-7-11-16-27/h6,8-9,13-14,18-21,27,29-30,33H,7,10-12,15-17,22-24H2,1-5H3,(H,42,47)(H,43,49)(H,44,53)(H,51,52)(H3,40,41,45)/t29-,30-,33-/m0/s1. The number of aliphatic carboxylic acids is 1. The zero-order chi connectivity index (χ0) is 43.0. The molecule has 0 aromatic heterocycles. The number of nitrogens with one attached hydrogen (secondary N) is 4. The number of carboxylic acid groups (broad SMARTS) is 1. The van der Waals surface area contributed by atoms with E-state index in [4.69, 9.17) is 15.2 Å². The van der Waals surface area contributed by atoms with Crippen molar-refractivity contribution >= 4 is 51.7 Å². The normalized spacial score (nSPS) is 15.2. The van der Waals surface area contributed by atoms with E-state index >= 15 is 0 Å². The van der Waals surface area contributed by atoms with Crippen LogP contribution >= 0.6 is 0 Å². The third-order valence-electron chi connectivity index (χ3n) is 8.79. The smallest absolute Gasteiger partial charge is 0.408 e. The first-order valence-corrected chi connectivity index (χ1v) is 20.4. The number of carbonyl (C=O) groups excluding carboxylic acids is 5. The third kappa shape index (κ3) is 16.0. The number of nitrogens with two attached hydrogens (primary N) is 1. The molecular weight excluding hydrogens is 775 g/mol. The van der Waals surface area contributed by atoms with Crippen LogP contribution in [0.3, 0.4) is 0 Å². The Labute approximate surface area is 338 Å². The van der Waals surface area contributed by atoms with Crippen LogP contribution in [0.5, 0.6) is 0 Å². The topological polar surface area (TPSA) is 265 Å². The number of guanidine groups is 1. The van der Waals surface area contributed by atoms with Crippen molar-refractivity contribution in [2.45, 2.75) is 114 Å². The molecule has 0 spiro atoms. The quantitative estimate of drug-likeness (QED) is 0.0548. The summed E-state index contributed by atoms with van der Waals surface area (Å²) < 4.78 is 38.4. The Bertz CT molecular complexity index is 1880. The molecule has 1 fully saturated rings. The lowest BCUT2D eigenvalue weighted by atomic mass is 9.98. The number of carbonyl (C=O) groups is 6. The molecule has 318 valence electrons. The molecule has 0 unspecified atom stereocenters. The molecule has 1 saturated carbocycles. The van der Waals surface area contributed by atoms with Crippen molar-refractivity contribution < 1.29 is 51.8 Å². The van der Waals surface area contributed by atoms with Crippen molar-refractivity contribution in [2.24, 2.45) is 10.7 Å². The molecule has 0 heterocycles. The first kappa shape index (κ1) is 46.7. The van der Waals surface area contributed by atoms with E-state index in [1.807, 2.05) is 0 Å². The average molecular weight is 830 g/mol. The van der Waals surface area contributed by atoms with Gasteiger partial charge in [-0.1, -0.05) is 54.4 Å². The summed E-state index contributed by atoms with van der Waals surface area (Å²) in [6.45, 7) is 6.00. The number of sulfonamides is 1. The number of benzene rings is 2. The van der Waals surface area contributed by atoms with Gasteiger partial charge in [-0.25, -0.2) is 22.7 Å². The van der Waals surface area contributed by atoms with Gasteiger partial charge >= 0.3 is 18.0 Å². The van der Waals surface area contributed by atoms with E-state index in [1.165, 1.54) is 19.2 Å². The van der Waals surface area contributed by atoms with Crippen LogP contribution in [0.25, 0.3) is 0 Å². The van der Waals surface area contributed by atoms with Gasteiger partial charge in [0.15, 0.2) is 0 Å². The maximum atomic E-state index is 13.9. The summed E-state index contributed by atoms with van der Waals surface area (Å²) >= 11 is 0. The second-order valence-electron chi connectivity index (χ2n) is 15.0. The Kier molecular flexibility index (Phi) is 17.5. The fraction of sp³-hybridized carbons (Fsp3) is 0.513. The zero-order valence-corrected chi connectivity index (χ0v) is 34.3. The van der Waals surface area contributed by atoms with Gasteiger partial charge in [0, 0.05) is 13.6 Å². The molecule has 0 saturated heterocycles. The van der Waals surface area contributed by atoms with Gasteiger partial charge in [0.25, 0.3) is 10.0 Å². The third-order valence-corrected chi connectivity index (χ3v) is 10.2. The lowest BCUT2D eigenvalue weighted by Crippen LogP contribution is -2.53. The molecule has 4 amide bonds. The molecule has 2 aromatic rings. The second kappa shape index (κ2) is 21.7. The Hall–Kier alpha value is -5.72. The van der Waals surface area contributed by atoms with Crippen LogP contribution in [0.4, 0.5) is 4.79 Å². The summed E-state index contributed by atoms with van der Waals surface area (Å²) in [5, 5.41) is 17.1. The summed E-state index contributed by atoms with van der Waals surface area (Å²) in [5.74, 6) is -5.13. The van der Waals surface area contributed by atoms with Crippen molar-refractivity contribution in [3.8, 4) is 0 Å². The number of hydrogen-bond donors (Lipinski definition) is 6. The van der Waals surface area contributed by atoms with Crippen LogP contribution in [0.1, 0.15) is 89.3 Å². The number of alkyl carbamates (subject to hydrolysis) is 1. The number of amides is 4. The highest BCUT2D eigenvalue weighted by Gasteiger charge is 2.32. The molecule has 0 aliphatic heterocycles. The molecule has 1 aliphatic rings. The molecule has 1 aliphatic carbocycles. The minimum atomic E-state index is -4.04. The number of likely N-dealkylation sites (N-methyl/N-ethyl adjacent to an activating group) is 1. The first-order chi connectivity index (χ1) is 27.2. The Morgan fingerprint density at radius 2 is 1.57 bits per heavy atom. The van der Waals surface area contributed by atoms with Gasteiger partial charge in [0.1, 0.15) is 29.8 Å². The monoisotopic (exact) mass is 829 g/mol. The van der Waals surface area contributed by atoms with Gasteiger partial charge in [0.2, 0.25) is 23.7 Å². The molecule has 19 heteroatoms. The summed E-state index contributed by atoms with van der Waals surface area (Å²) in [4.78, 5) is 83.0. The van der Waals surface area contributed by atoms with Crippen LogP contribution in [-0.2, 0) is 43.5 Å². The molecule has 3 atom stereocenters. The van der Waals surface area contributed by atoms with Gasteiger partial charge in [-0.15, -0.1) is 0 Å². The SMILES string of the molecule is Cc1ccc(S(=O)(=O)NC(N)=NCCC[C@H](NC(=O)[C@@H](NC(=O)OC(C)(C)C)c2ccccc2)C(=O)N(C)CC(=O)N[C@@H](CC(=O)OC2CCCCC2)C(=O)O)cc1. The van der Waals surface area contributed by atoms with Gasteiger partial charge < -0.3 is 41.2 Å². The van der Waals surface area contributed by atoms with Crippen molar-refractivity contribution in [2.75, 3.05) is 20.1 Å². The minimum Gasteiger partial charge on any atom is -0.480 e. The van der Waals surface area contributed by atoms with Crippen molar-refractivity contribution in [1.82, 2.24) is 25.6 Å². The number of esters is 1. The molecular formula is C39H55N7O11S. The highest BCUT2D eigenvalue weighted by molar-refractivity contribution is 7.90. The van der Waals surface area contributed by atoms with Crippen molar-refractivity contribution in [1.29, 1.82) is 0 Å². The summed E-state index contributed by atoms with van der Waals surface area (Å²) in [6.07, 6.45) is 2.30. The maximum Gasteiger partial charge on any atom is 0.408 e. The highest BCUT2D eigenvalue weighted by Crippen LogP contribution is 2.21. The van der Waals surface area contributed by atoms with E-state index in [9.17, 15) is 42.3 Å². The fourth-order valence-electron chi connectivity index (χ4n) is 5.91. The largest absolute Gasteiger partial charge is 0.480 e. The van der Waals surface area contributed by atoms with Gasteiger partial charge in [0.05, 0.1) is 17.9 Å². The van der Waals surface area contributed by atoms with Crippen LogP contribution in [0.15, 0.2) is 64.5 Å². The molecule has 7 N–H and O–H groups in total. The van der Waals surface area contributed by atoms with Crippen LogP contribution in [-0.4, -0.2) is 104 Å². The van der Waals surface area contributed by atoms with E-state index in [1.54, 1.807) is 70.2 Å². The predicted molar refractivity (Wildman–Crippen MR) is 212 cm³/mol. The van der Waals surface area contributed by atoms with E-state index in [2.05, 4.69) is 25.7 Å². The minimum absolute atomic E-state index is 0.0290. The Balaban J connectivity index is 1.76. The summed E-state index contributed by atoms with van der Waals surface area (Å²) in [7, 11) is -2.77. The highest BCUT2D eigenvalue weighted by atomic mass is 32.2. The fourth-order valence-corrected chi connectivity index (χ4v) is 6.86. The molecule has 0 bridgehead atoms. The van der Waals surface area contributed by atoms with Gasteiger partial charge in [-0.3, -0.25) is 24.2 Å². The van der Waals surface area contributed by atoms with E-state index in [0.29, 0.717) is 18.4 Å². The van der Waals surface area contributed by atoms with Crippen LogP contribution in [0.2, 0.25) is 0 Å². The predicted octanol–water partition coefficient (Wildman–Crippen LogP) is 2.41. The zero-order valence-electron chi connectivity index (χ0n) is 33.5. The maximum absolute atomic E-state index is 13.9. The van der Waals surface area contributed by atoms with E-state index in [0.717, 1.165) is 29.7 Å².